The Balaban J connectivity index is 3.08. The average molecular weight is 401 g/mol. The third-order valence-corrected chi connectivity index (χ3v) is 5.33. The minimum Gasteiger partial charge on any atom is -0.388 e. The van der Waals surface area contributed by atoms with E-state index in [0.717, 1.165) is 38.4 Å². The van der Waals surface area contributed by atoms with Crippen LogP contribution in [0.5, 0.6) is 0 Å². The molecule has 0 heterocycles. The van der Waals surface area contributed by atoms with E-state index in [2.05, 4.69) is 20.8 Å². The average Bonchev–Trinajstić information content (AvgIpc) is 2.67. The second kappa shape index (κ2) is 23.2. The highest BCUT2D eigenvalue weighted by molar-refractivity contribution is 4.53. The predicted octanol–water partition coefficient (Wildman–Crippen LogP) is 7.30. The Morgan fingerprint density at radius 3 is 1.39 bits per heavy atom. The first kappa shape index (κ1) is 27.9. The molecule has 0 spiro atoms. The fourth-order valence-corrected chi connectivity index (χ4v) is 3.43. The number of rotatable bonds is 23. The van der Waals surface area contributed by atoms with Crippen LogP contribution < -0.4 is 0 Å². The van der Waals surface area contributed by atoms with Crippen LogP contribution in [0.25, 0.3) is 0 Å². The molecule has 0 saturated heterocycles. The number of aliphatic hydroxyl groups excluding tert-OH is 1. The molecule has 0 aliphatic rings. The van der Waals surface area contributed by atoms with Crippen LogP contribution in [0.4, 0.5) is 0 Å². The van der Waals surface area contributed by atoms with E-state index >= 15 is 0 Å². The summed E-state index contributed by atoms with van der Waals surface area (Å²) in [6, 6.07) is 0. The quantitative estimate of drug-likeness (QED) is 0.183. The highest BCUT2D eigenvalue weighted by Gasteiger charge is 2.04. The van der Waals surface area contributed by atoms with Crippen molar-refractivity contribution in [2.45, 2.75) is 130 Å². The molecule has 0 aromatic rings. The van der Waals surface area contributed by atoms with Gasteiger partial charge >= 0.3 is 0 Å². The van der Waals surface area contributed by atoms with E-state index in [1.807, 2.05) is 0 Å². The maximum atomic E-state index is 9.73. The van der Waals surface area contributed by atoms with Crippen molar-refractivity contribution in [2.75, 3.05) is 26.4 Å². The standard InChI is InChI=1S/C25H52O3/c1-4-5-20-27-22-25(26)23-28-21-18-16-14-12-10-8-6-7-9-11-13-15-17-19-24(2)3/h24-26H,4-23H2,1-3H3. The van der Waals surface area contributed by atoms with Crippen LogP contribution in [0.3, 0.4) is 0 Å². The van der Waals surface area contributed by atoms with Gasteiger partial charge in [-0.25, -0.2) is 0 Å². The number of aliphatic hydroxyl groups is 1. The molecule has 0 aromatic carbocycles. The Morgan fingerprint density at radius 1 is 0.571 bits per heavy atom. The molecule has 170 valence electrons. The summed E-state index contributed by atoms with van der Waals surface area (Å²) in [5, 5.41) is 9.73. The van der Waals surface area contributed by atoms with Crippen molar-refractivity contribution in [3.05, 3.63) is 0 Å². The van der Waals surface area contributed by atoms with E-state index in [-0.39, 0.29) is 0 Å². The molecule has 1 unspecified atom stereocenters. The van der Waals surface area contributed by atoms with Crippen molar-refractivity contribution < 1.29 is 14.6 Å². The first-order valence-electron chi connectivity index (χ1n) is 12.5. The van der Waals surface area contributed by atoms with Crippen molar-refractivity contribution in [3.8, 4) is 0 Å². The summed E-state index contributed by atoms with van der Waals surface area (Å²) in [6.45, 7) is 9.11. The largest absolute Gasteiger partial charge is 0.388 e. The minimum atomic E-state index is -0.475. The van der Waals surface area contributed by atoms with Gasteiger partial charge in [-0.3, -0.25) is 0 Å². The molecule has 3 heteroatoms. The zero-order valence-corrected chi connectivity index (χ0v) is 19.6. The zero-order valence-electron chi connectivity index (χ0n) is 19.6. The SMILES string of the molecule is CCCCOCC(O)COCCCCCCCCCCCCCCCC(C)C. The Hall–Kier alpha value is -0.120. The molecule has 1 N–H and O–H groups in total. The van der Waals surface area contributed by atoms with E-state index in [4.69, 9.17) is 9.47 Å². The number of hydrogen-bond donors (Lipinski definition) is 1. The Morgan fingerprint density at radius 2 is 0.964 bits per heavy atom. The molecule has 0 fully saturated rings. The van der Waals surface area contributed by atoms with Gasteiger partial charge in [0, 0.05) is 13.2 Å². The van der Waals surface area contributed by atoms with Crippen molar-refractivity contribution >= 4 is 0 Å². The number of ether oxygens (including phenoxy) is 2. The first-order chi connectivity index (χ1) is 13.7. The van der Waals surface area contributed by atoms with Crippen LogP contribution in [0.2, 0.25) is 0 Å². The molecule has 0 aliphatic carbocycles. The normalized spacial score (nSPS) is 12.8. The van der Waals surface area contributed by atoms with Crippen molar-refractivity contribution in [1.29, 1.82) is 0 Å². The lowest BCUT2D eigenvalue weighted by molar-refractivity contribution is -0.0199. The van der Waals surface area contributed by atoms with Gasteiger partial charge < -0.3 is 14.6 Å². The van der Waals surface area contributed by atoms with Gasteiger partial charge in [-0.05, 0) is 18.8 Å². The Bertz CT molecular complexity index is 281. The van der Waals surface area contributed by atoms with Crippen molar-refractivity contribution in [1.82, 2.24) is 0 Å². The van der Waals surface area contributed by atoms with Crippen LogP contribution in [0.1, 0.15) is 124 Å². The molecule has 0 bridgehead atoms. The van der Waals surface area contributed by atoms with Crippen LogP contribution in [0.15, 0.2) is 0 Å². The van der Waals surface area contributed by atoms with E-state index in [9.17, 15) is 5.11 Å². The summed E-state index contributed by atoms with van der Waals surface area (Å²) in [4.78, 5) is 0. The predicted molar refractivity (Wildman–Crippen MR) is 122 cm³/mol. The maximum Gasteiger partial charge on any atom is 0.101 e. The van der Waals surface area contributed by atoms with E-state index in [1.54, 1.807) is 0 Å². The summed E-state index contributed by atoms with van der Waals surface area (Å²) in [6.07, 6.45) is 21.0. The molecule has 1 atom stereocenters. The molecule has 28 heavy (non-hydrogen) atoms. The summed E-state index contributed by atoms with van der Waals surface area (Å²) in [7, 11) is 0. The third kappa shape index (κ3) is 23.9. The van der Waals surface area contributed by atoms with Gasteiger partial charge in [-0.2, -0.15) is 0 Å². The second-order valence-electron chi connectivity index (χ2n) is 8.94. The zero-order chi connectivity index (χ0) is 20.7. The number of hydrogen-bond acceptors (Lipinski definition) is 3. The molecule has 0 aromatic heterocycles. The summed E-state index contributed by atoms with van der Waals surface area (Å²) in [5.41, 5.74) is 0. The smallest absolute Gasteiger partial charge is 0.101 e. The molecule has 0 amide bonds. The monoisotopic (exact) mass is 400 g/mol. The van der Waals surface area contributed by atoms with Gasteiger partial charge in [0.1, 0.15) is 6.10 Å². The fraction of sp³-hybridized carbons (Fsp3) is 1.00. The van der Waals surface area contributed by atoms with Gasteiger partial charge in [0.2, 0.25) is 0 Å². The van der Waals surface area contributed by atoms with Crippen LogP contribution in [-0.2, 0) is 9.47 Å². The summed E-state index contributed by atoms with van der Waals surface area (Å²) >= 11 is 0. The summed E-state index contributed by atoms with van der Waals surface area (Å²) < 4.78 is 10.9. The van der Waals surface area contributed by atoms with Crippen molar-refractivity contribution in [2.24, 2.45) is 5.92 Å². The van der Waals surface area contributed by atoms with Gasteiger partial charge in [0.25, 0.3) is 0 Å². The fourth-order valence-electron chi connectivity index (χ4n) is 3.43. The van der Waals surface area contributed by atoms with E-state index < -0.39 is 6.10 Å². The molecule has 0 aliphatic heterocycles. The molecule has 0 rings (SSSR count). The van der Waals surface area contributed by atoms with Crippen LogP contribution >= 0.6 is 0 Å². The van der Waals surface area contributed by atoms with Crippen LogP contribution in [-0.4, -0.2) is 37.6 Å². The molecule has 0 radical (unpaired) electrons. The van der Waals surface area contributed by atoms with Gasteiger partial charge in [0.05, 0.1) is 13.2 Å². The minimum absolute atomic E-state index is 0.401. The van der Waals surface area contributed by atoms with Crippen LogP contribution in [0, 0.1) is 5.92 Å². The molecular weight excluding hydrogens is 348 g/mol. The van der Waals surface area contributed by atoms with Gasteiger partial charge in [0.15, 0.2) is 0 Å². The highest BCUT2D eigenvalue weighted by atomic mass is 16.5. The molecule has 3 nitrogen and oxygen atoms in total. The summed E-state index contributed by atoms with van der Waals surface area (Å²) in [5.74, 6) is 0.876. The Kier molecular flexibility index (Phi) is 23.1. The second-order valence-corrected chi connectivity index (χ2v) is 8.94. The maximum absolute atomic E-state index is 9.73. The number of unbranched alkanes of at least 4 members (excludes halogenated alkanes) is 13. The van der Waals surface area contributed by atoms with E-state index in [0.29, 0.717) is 13.2 Å². The first-order valence-corrected chi connectivity index (χ1v) is 12.5. The topological polar surface area (TPSA) is 38.7 Å². The van der Waals surface area contributed by atoms with E-state index in [1.165, 1.54) is 83.5 Å². The molecular formula is C25H52O3. The lowest BCUT2D eigenvalue weighted by Crippen LogP contribution is -2.22. The van der Waals surface area contributed by atoms with Crippen molar-refractivity contribution in [3.63, 3.8) is 0 Å². The third-order valence-electron chi connectivity index (χ3n) is 5.33. The lowest BCUT2D eigenvalue weighted by atomic mass is 10.0. The highest BCUT2D eigenvalue weighted by Crippen LogP contribution is 2.14. The lowest BCUT2D eigenvalue weighted by Gasteiger charge is -2.11. The molecule has 0 saturated carbocycles. The Labute approximate surface area is 177 Å². The van der Waals surface area contributed by atoms with Gasteiger partial charge in [-0.1, -0.05) is 111 Å². The van der Waals surface area contributed by atoms with Gasteiger partial charge in [-0.15, -0.1) is 0 Å².